The van der Waals surface area contributed by atoms with Gasteiger partial charge in [0, 0.05) is 19.6 Å². The lowest BCUT2D eigenvalue weighted by Crippen LogP contribution is -2.32. The highest BCUT2D eigenvalue weighted by molar-refractivity contribution is 7.18. The average Bonchev–Trinajstić information content (AvgIpc) is 3.09. The van der Waals surface area contributed by atoms with Gasteiger partial charge in [-0.1, -0.05) is 31.1 Å². The minimum absolute atomic E-state index is 0.0932. The van der Waals surface area contributed by atoms with Crippen LogP contribution in [0, 0.1) is 5.92 Å². The molecule has 1 heterocycles. The molecule has 0 spiro atoms. The summed E-state index contributed by atoms with van der Waals surface area (Å²) in [6.07, 6.45) is 4.70. The van der Waals surface area contributed by atoms with Crippen LogP contribution in [0.2, 0.25) is 0 Å². The normalized spacial score (nSPS) is 15.9. The molecule has 0 aromatic carbocycles. The Labute approximate surface area is 124 Å². The van der Waals surface area contributed by atoms with Gasteiger partial charge in [0.25, 0.3) is 5.91 Å². The zero-order valence-corrected chi connectivity index (χ0v) is 13.3. The zero-order chi connectivity index (χ0) is 14.7. The highest BCUT2D eigenvalue weighted by Crippen LogP contribution is 2.33. The van der Waals surface area contributed by atoms with Crippen LogP contribution in [-0.4, -0.2) is 30.5 Å². The molecule has 0 aliphatic heterocycles. The smallest absolute Gasteiger partial charge is 0.265 e. The summed E-state index contributed by atoms with van der Waals surface area (Å²) >= 11 is 1.37. The first-order valence-corrected chi connectivity index (χ1v) is 8.11. The van der Waals surface area contributed by atoms with Crippen LogP contribution in [-0.2, 0) is 0 Å². The summed E-state index contributed by atoms with van der Waals surface area (Å²) in [7, 11) is 1.97. The fourth-order valence-corrected chi connectivity index (χ4v) is 3.15. The molecule has 1 aliphatic rings. The van der Waals surface area contributed by atoms with E-state index in [-0.39, 0.29) is 11.9 Å². The van der Waals surface area contributed by atoms with Crippen molar-refractivity contribution < 1.29 is 4.79 Å². The van der Waals surface area contributed by atoms with Gasteiger partial charge in [-0.05, 0) is 25.7 Å². The molecule has 0 radical (unpaired) electrons. The average molecular weight is 296 g/mol. The van der Waals surface area contributed by atoms with Crippen molar-refractivity contribution in [3.8, 4) is 0 Å². The number of carbonyl (C=O) groups is 1. The van der Waals surface area contributed by atoms with Gasteiger partial charge >= 0.3 is 0 Å². The second-order valence-electron chi connectivity index (χ2n) is 5.69. The molecule has 1 atom stereocenters. The quantitative estimate of drug-likeness (QED) is 0.811. The van der Waals surface area contributed by atoms with Crippen LogP contribution in [0.3, 0.4) is 0 Å². The van der Waals surface area contributed by atoms with E-state index in [9.17, 15) is 4.79 Å². The SMILES string of the molecule is CCCN(C)c1nc(N)c(C(=O)NC(C)CC2CC2)s1. The Balaban J connectivity index is 1.97. The molecule has 1 saturated carbocycles. The molecule has 1 amide bonds. The van der Waals surface area contributed by atoms with Gasteiger partial charge in [-0.2, -0.15) is 0 Å². The molecule has 1 unspecified atom stereocenters. The Kier molecular flexibility index (Phi) is 4.86. The lowest BCUT2D eigenvalue weighted by Gasteiger charge is -2.13. The Morgan fingerprint density at radius 3 is 2.90 bits per heavy atom. The van der Waals surface area contributed by atoms with Gasteiger partial charge in [0.15, 0.2) is 5.13 Å². The van der Waals surface area contributed by atoms with Crippen LogP contribution < -0.4 is 16.0 Å². The summed E-state index contributed by atoms with van der Waals surface area (Å²) in [5, 5.41) is 3.84. The number of nitrogens with one attached hydrogen (secondary N) is 1. The third kappa shape index (κ3) is 3.85. The van der Waals surface area contributed by atoms with Crippen molar-refractivity contribution in [1.29, 1.82) is 0 Å². The predicted octanol–water partition coefficient (Wildman–Crippen LogP) is 2.49. The van der Waals surface area contributed by atoms with E-state index in [4.69, 9.17) is 5.73 Å². The third-order valence-corrected chi connectivity index (χ3v) is 4.68. The van der Waals surface area contributed by atoms with Crippen LogP contribution in [0.15, 0.2) is 0 Å². The van der Waals surface area contributed by atoms with Gasteiger partial charge < -0.3 is 16.0 Å². The molecule has 20 heavy (non-hydrogen) atoms. The molecule has 1 aliphatic carbocycles. The molecule has 112 valence electrons. The van der Waals surface area contributed by atoms with E-state index in [0.717, 1.165) is 30.4 Å². The van der Waals surface area contributed by atoms with Crippen molar-refractivity contribution in [2.75, 3.05) is 24.2 Å². The van der Waals surface area contributed by atoms with Crippen LogP contribution in [0.4, 0.5) is 10.9 Å². The number of aromatic nitrogens is 1. The Morgan fingerprint density at radius 2 is 2.30 bits per heavy atom. The number of anilines is 2. The molecule has 0 saturated heterocycles. The predicted molar refractivity (Wildman–Crippen MR) is 84.4 cm³/mol. The van der Waals surface area contributed by atoms with Gasteiger partial charge in [0.2, 0.25) is 0 Å². The van der Waals surface area contributed by atoms with E-state index in [1.54, 1.807) is 0 Å². The fourth-order valence-electron chi connectivity index (χ4n) is 2.28. The van der Waals surface area contributed by atoms with Crippen molar-refractivity contribution >= 4 is 28.2 Å². The Morgan fingerprint density at radius 1 is 1.60 bits per heavy atom. The zero-order valence-electron chi connectivity index (χ0n) is 12.5. The van der Waals surface area contributed by atoms with Crippen molar-refractivity contribution in [2.45, 2.75) is 45.6 Å². The molecule has 1 aromatic rings. The van der Waals surface area contributed by atoms with E-state index in [1.165, 1.54) is 24.2 Å². The maximum Gasteiger partial charge on any atom is 0.265 e. The van der Waals surface area contributed by atoms with Gasteiger partial charge in [0.05, 0.1) is 0 Å². The number of nitrogens with two attached hydrogens (primary N) is 1. The minimum Gasteiger partial charge on any atom is -0.382 e. The number of rotatable bonds is 7. The second-order valence-corrected chi connectivity index (χ2v) is 6.66. The Hall–Kier alpha value is -1.30. The molecular formula is C14H24N4OS. The van der Waals surface area contributed by atoms with E-state index in [1.807, 2.05) is 11.9 Å². The van der Waals surface area contributed by atoms with Crippen LogP contribution in [0.25, 0.3) is 0 Å². The molecule has 2 rings (SSSR count). The van der Waals surface area contributed by atoms with E-state index >= 15 is 0 Å². The van der Waals surface area contributed by atoms with Gasteiger partial charge in [-0.3, -0.25) is 4.79 Å². The van der Waals surface area contributed by atoms with Crippen LogP contribution in [0.5, 0.6) is 0 Å². The van der Waals surface area contributed by atoms with E-state index < -0.39 is 0 Å². The molecule has 0 bridgehead atoms. The molecule has 5 nitrogen and oxygen atoms in total. The number of amides is 1. The molecule has 6 heteroatoms. The van der Waals surface area contributed by atoms with Crippen molar-refractivity contribution in [3.63, 3.8) is 0 Å². The van der Waals surface area contributed by atoms with Gasteiger partial charge in [-0.25, -0.2) is 4.98 Å². The van der Waals surface area contributed by atoms with Crippen molar-refractivity contribution in [3.05, 3.63) is 4.88 Å². The molecule has 1 fully saturated rings. The minimum atomic E-state index is -0.0932. The lowest BCUT2D eigenvalue weighted by atomic mass is 10.1. The van der Waals surface area contributed by atoms with E-state index in [0.29, 0.717) is 10.7 Å². The highest BCUT2D eigenvalue weighted by Gasteiger charge is 2.25. The number of nitrogen functional groups attached to an aromatic ring is 1. The molecule has 1 aromatic heterocycles. The summed E-state index contributed by atoms with van der Waals surface area (Å²) in [6.45, 7) is 5.07. The summed E-state index contributed by atoms with van der Waals surface area (Å²) in [6, 6.07) is 0.202. The third-order valence-electron chi connectivity index (χ3n) is 3.50. The summed E-state index contributed by atoms with van der Waals surface area (Å²) in [5.74, 6) is 1.05. The summed E-state index contributed by atoms with van der Waals surface area (Å²) in [4.78, 5) is 19.1. The first-order valence-electron chi connectivity index (χ1n) is 7.29. The monoisotopic (exact) mass is 296 g/mol. The van der Waals surface area contributed by atoms with Crippen molar-refractivity contribution in [1.82, 2.24) is 10.3 Å². The highest BCUT2D eigenvalue weighted by atomic mass is 32.1. The first-order chi connectivity index (χ1) is 9.51. The Bertz CT molecular complexity index is 470. The van der Waals surface area contributed by atoms with E-state index in [2.05, 4.69) is 24.1 Å². The topological polar surface area (TPSA) is 71.2 Å². The summed E-state index contributed by atoms with van der Waals surface area (Å²) < 4.78 is 0. The first kappa shape index (κ1) is 15.1. The fraction of sp³-hybridized carbons (Fsp3) is 0.714. The standard InChI is InChI=1S/C14H24N4OS/c1-4-7-18(3)14-17-12(15)11(20-14)13(19)16-9(2)8-10-5-6-10/h9-10H,4-8,15H2,1-3H3,(H,16,19). The summed E-state index contributed by atoms with van der Waals surface area (Å²) in [5.41, 5.74) is 5.88. The number of hydrogen-bond donors (Lipinski definition) is 2. The van der Waals surface area contributed by atoms with Crippen molar-refractivity contribution in [2.24, 2.45) is 5.92 Å². The van der Waals surface area contributed by atoms with Crippen LogP contribution in [0.1, 0.15) is 49.2 Å². The molecule has 3 N–H and O–H groups in total. The largest absolute Gasteiger partial charge is 0.382 e. The number of nitrogens with zero attached hydrogens (tertiary/aromatic N) is 2. The van der Waals surface area contributed by atoms with Gasteiger partial charge in [0.1, 0.15) is 10.7 Å². The number of carbonyl (C=O) groups excluding carboxylic acids is 1. The van der Waals surface area contributed by atoms with Gasteiger partial charge in [-0.15, -0.1) is 0 Å². The number of hydrogen-bond acceptors (Lipinski definition) is 5. The maximum absolute atomic E-state index is 12.2. The molecular weight excluding hydrogens is 272 g/mol. The lowest BCUT2D eigenvalue weighted by molar-refractivity contribution is 0.0942. The second kappa shape index (κ2) is 6.43. The van der Waals surface area contributed by atoms with Crippen LogP contribution >= 0.6 is 11.3 Å². The number of thiazole rings is 1. The maximum atomic E-state index is 12.2.